The quantitative estimate of drug-likeness (QED) is 0.391. The van der Waals surface area contributed by atoms with E-state index in [4.69, 9.17) is 13.9 Å². The van der Waals surface area contributed by atoms with Crippen molar-refractivity contribution < 1.29 is 13.9 Å². The summed E-state index contributed by atoms with van der Waals surface area (Å²) in [4.78, 5) is 6.85. The number of nitrogens with zero attached hydrogens (tertiary/aromatic N) is 5. The molecule has 32 heavy (non-hydrogen) atoms. The molecule has 1 fully saturated rings. The van der Waals surface area contributed by atoms with E-state index in [1.807, 2.05) is 42.5 Å². The lowest BCUT2D eigenvalue weighted by Crippen LogP contribution is -2.37. The van der Waals surface area contributed by atoms with Crippen LogP contribution in [-0.2, 0) is 10.5 Å². The summed E-state index contributed by atoms with van der Waals surface area (Å²) in [6.45, 7) is 2.97. The molecule has 0 aliphatic carbocycles. The molecule has 2 aromatic heterocycles. The molecule has 3 heterocycles. The second-order valence-electron chi connectivity index (χ2n) is 7.21. The third-order valence-electron chi connectivity index (χ3n) is 5.16. The van der Waals surface area contributed by atoms with E-state index in [0.29, 0.717) is 24.9 Å². The maximum Gasteiger partial charge on any atom is 0.232 e. The van der Waals surface area contributed by atoms with E-state index in [0.717, 1.165) is 46.9 Å². The second kappa shape index (κ2) is 9.46. The average Bonchev–Trinajstić information content (AvgIpc) is 3.51. The van der Waals surface area contributed by atoms with Crippen LogP contribution in [0.3, 0.4) is 0 Å². The third-order valence-corrected chi connectivity index (χ3v) is 6.12. The second-order valence-corrected chi connectivity index (χ2v) is 8.16. The molecule has 8 nitrogen and oxygen atoms in total. The minimum atomic E-state index is 0.585. The smallest absolute Gasteiger partial charge is 0.232 e. The molecule has 0 saturated carbocycles. The molecular formula is C23H23N5O3S. The zero-order valence-electron chi connectivity index (χ0n) is 17.7. The molecule has 0 N–H and O–H groups in total. The van der Waals surface area contributed by atoms with Gasteiger partial charge < -0.3 is 18.8 Å². The van der Waals surface area contributed by atoms with E-state index in [1.54, 1.807) is 25.1 Å². The first-order chi connectivity index (χ1) is 15.8. The highest BCUT2D eigenvalue weighted by Gasteiger charge is 2.22. The number of hydrogen-bond donors (Lipinski definition) is 0. The minimum Gasteiger partial charge on any atom is -0.497 e. The van der Waals surface area contributed by atoms with Gasteiger partial charge in [0.15, 0.2) is 5.16 Å². The molecule has 1 aliphatic heterocycles. The van der Waals surface area contributed by atoms with Crippen molar-refractivity contribution in [3.63, 3.8) is 0 Å². The molecule has 1 aliphatic rings. The Hall–Kier alpha value is -3.30. The number of hydrogen-bond acceptors (Lipinski definition) is 8. The molecule has 0 atom stereocenters. The van der Waals surface area contributed by atoms with Crippen LogP contribution in [-0.4, -0.2) is 53.2 Å². The van der Waals surface area contributed by atoms with Crippen molar-refractivity contribution in [2.75, 3.05) is 38.3 Å². The van der Waals surface area contributed by atoms with Crippen LogP contribution in [0.5, 0.6) is 5.75 Å². The number of anilines is 1. The SMILES string of the molecule is COc1ccc(-c2nc(CSc3nnc(N4CCOCC4)n3-c3ccccc3)co2)cc1. The van der Waals surface area contributed by atoms with E-state index < -0.39 is 0 Å². The Kier molecular flexibility index (Phi) is 6.09. The van der Waals surface area contributed by atoms with Gasteiger partial charge in [0.1, 0.15) is 12.0 Å². The van der Waals surface area contributed by atoms with Crippen molar-refractivity contribution in [2.24, 2.45) is 0 Å². The monoisotopic (exact) mass is 449 g/mol. The molecule has 9 heteroatoms. The lowest BCUT2D eigenvalue weighted by atomic mass is 10.2. The molecular weight excluding hydrogens is 426 g/mol. The van der Waals surface area contributed by atoms with Crippen molar-refractivity contribution in [3.8, 4) is 22.9 Å². The van der Waals surface area contributed by atoms with Gasteiger partial charge in [0.05, 0.1) is 31.7 Å². The maximum absolute atomic E-state index is 5.70. The Morgan fingerprint density at radius 3 is 2.53 bits per heavy atom. The zero-order chi connectivity index (χ0) is 21.8. The molecule has 164 valence electrons. The first kappa shape index (κ1) is 20.6. The third kappa shape index (κ3) is 4.35. The predicted octanol–water partition coefficient (Wildman–Crippen LogP) is 4.06. The van der Waals surface area contributed by atoms with E-state index >= 15 is 0 Å². The number of benzene rings is 2. The molecule has 4 aromatic rings. The fourth-order valence-electron chi connectivity index (χ4n) is 3.50. The predicted molar refractivity (Wildman–Crippen MR) is 122 cm³/mol. The summed E-state index contributed by atoms with van der Waals surface area (Å²) in [6, 6.07) is 17.8. The Morgan fingerprint density at radius 1 is 1.00 bits per heavy atom. The van der Waals surface area contributed by atoms with E-state index in [2.05, 4.69) is 36.8 Å². The normalized spacial score (nSPS) is 14.0. The fraction of sp³-hybridized carbons (Fsp3) is 0.261. The van der Waals surface area contributed by atoms with Gasteiger partial charge in [0.2, 0.25) is 11.8 Å². The van der Waals surface area contributed by atoms with Gasteiger partial charge in [-0.1, -0.05) is 30.0 Å². The Bertz CT molecular complexity index is 1150. The molecule has 0 spiro atoms. The summed E-state index contributed by atoms with van der Waals surface area (Å²) in [5, 5.41) is 9.80. The topological polar surface area (TPSA) is 78.4 Å². The first-order valence-corrected chi connectivity index (χ1v) is 11.4. The van der Waals surface area contributed by atoms with Crippen LogP contribution >= 0.6 is 11.8 Å². The number of thioether (sulfide) groups is 1. The summed E-state index contributed by atoms with van der Waals surface area (Å²) >= 11 is 1.58. The summed E-state index contributed by atoms with van der Waals surface area (Å²) in [5.74, 6) is 2.84. The molecule has 1 saturated heterocycles. The largest absolute Gasteiger partial charge is 0.497 e. The zero-order valence-corrected chi connectivity index (χ0v) is 18.5. The number of methoxy groups -OCH3 is 1. The van der Waals surface area contributed by atoms with Crippen molar-refractivity contribution in [1.29, 1.82) is 0 Å². The van der Waals surface area contributed by atoms with E-state index in [-0.39, 0.29) is 0 Å². The minimum absolute atomic E-state index is 0.585. The van der Waals surface area contributed by atoms with Crippen LogP contribution in [0.4, 0.5) is 5.95 Å². The average molecular weight is 450 g/mol. The lowest BCUT2D eigenvalue weighted by Gasteiger charge is -2.27. The van der Waals surface area contributed by atoms with Crippen LogP contribution in [0.15, 0.2) is 70.4 Å². The highest BCUT2D eigenvalue weighted by atomic mass is 32.2. The number of rotatable bonds is 7. The molecule has 0 radical (unpaired) electrons. The summed E-state index contributed by atoms with van der Waals surface area (Å²) in [5.41, 5.74) is 2.78. The maximum atomic E-state index is 5.70. The van der Waals surface area contributed by atoms with Gasteiger partial charge in [-0.2, -0.15) is 0 Å². The van der Waals surface area contributed by atoms with Crippen molar-refractivity contribution in [2.45, 2.75) is 10.9 Å². The fourth-order valence-corrected chi connectivity index (χ4v) is 4.33. The number of morpholine rings is 1. The number of oxazole rings is 1. The van der Waals surface area contributed by atoms with Crippen molar-refractivity contribution in [1.82, 2.24) is 19.7 Å². The Balaban J connectivity index is 1.36. The number of ether oxygens (including phenoxy) is 2. The highest BCUT2D eigenvalue weighted by molar-refractivity contribution is 7.98. The number of para-hydroxylation sites is 1. The van der Waals surface area contributed by atoms with Crippen LogP contribution in [0, 0.1) is 0 Å². The van der Waals surface area contributed by atoms with Gasteiger partial charge in [0.25, 0.3) is 0 Å². The van der Waals surface area contributed by atoms with E-state index in [9.17, 15) is 0 Å². The van der Waals surface area contributed by atoms with Gasteiger partial charge in [-0.15, -0.1) is 10.2 Å². The van der Waals surface area contributed by atoms with Gasteiger partial charge in [-0.05, 0) is 36.4 Å². The van der Waals surface area contributed by atoms with Gasteiger partial charge in [0, 0.05) is 24.4 Å². The van der Waals surface area contributed by atoms with Crippen LogP contribution < -0.4 is 9.64 Å². The molecule has 5 rings (SSSR count). The number of aromatic nitrogens is 4. The molecule has 0 amide bonds. The molecule has 0 unspecified atom stereocenters. The Labute approximate surface area is 190 Å². The highest BCUT2D eigenvalue weighted by Crippen LogP contribution is 2.30. The van der Waals surface area contributed by atoms with Crippen molar-refractivity contribution in [3.05, 3.63) is 66.6 Å². The van der Waals surface area contributed by atoms with E-state index in [1.165, 1.54) is 0 Å². The standard InChI is InChI=1S/C23H23N5O3S/c1-29-20-9-7-17(8-10-20)21-24-18(15-31-21)16-32-23-26-25-22(27-11-13-30-14-12-27)28(23)19-5-3-2-4-6-19/h2-10,15H,11-14,16H2,1H3. The lowest BCUT2D eigenvalue weighted by molar-refractivity contribution is 0.122. The summed E-state index contributed by atoms with van der Waals surface area (Å²) in [7, 11) is 1.65. The molecule has 2 aromatic carbocycles. The summed E-state index contributed by atoms with van der Waals surface area (Å²) < 4.78 is 18.5. The van der Waals surface area contributed by atoms with Gasteiger partial charge >= 0.3 is 0 Å². The van der Waals surface area contributed by atoms with Crippen molar-refractivity contribution >= 4 is 17.7 Å². The first-order valence-electron chi connectivity index (χ1n) is 10.4. The van der Waals surface area contributed by atoms with Gasteiger partial charge in [-0.25, -0.2) is 4.98 Å². The van der Waals surface area contributed by atoms with Crippen LogP contribution in [0.1, 0.15) is 5.69 Å². The van der Waals surface area contributed by atoms with Crippen LogP contribution in [0.2, 0.25) is 0 Å². The van der Waals surface area contributed by atoms with Crippen LogP contribution in [0.25, 0.3) is 17.1 Å². The molecule has 0 bridgehead atoms. The summed E-state index contributed by atoms with van der Waals surface area (Å²) in [6.07, 6.45) is 1.69. The van der Waals surface area contributed by atoms with Gasteiger partial charge in [-0.3, -0.25) is 4.57 Å². The Morgan fingerprint density at radius 2 is 1.78 bits per heavy atom.